The van der Waals surface area contributed by atoms with Gasteiger partial charge in [-0.3, -0.25) is 0 Å². The van der Waals surface area contributed by atoms with Crippen LogP contribution >= 0.6 is 0 Å². The number of carboxylic acid groups (broad SMARTS) is 1. The van der Waals surface area contributed by atoms with E-state index in [-0.39, 0.29) is 17.4 Å². The number of phenols is 1. The fourth-order valence-corrected chi connectivity index (χ4v) is 2.18. The zero-order chi connectivity index (χ0) is 16.8. The second-order valence-corrected chi connectivity index (χ2v) is 4.75. The van der Waals surface area contributed by atoms with Crippen LogP contribution in [0.15, 0.2) is 36.0 Å². The third-order valence-electron chi connectivity index (χ3n) is 3.16. The van der Waals surface area contributed by atoms with Gasteiger partial charge < -0.3 is 15.5 Å². The molecule has 2 aromatic rings. The van der Waals surface area contributed by atoms with E-state index in [1.807, 2.05) is 0 Å². The third-order valence-corrected chi connectivity index (χ3v) is 3.16. The van der Waals surface area contributed by atoms with E-state index in [0.717, 1.165) is 4.68 Å². The van der Waals surface area contributed by atoms with E-state index in [1.54, 1.807) is 0 Å². The maximum Gasteiger partial charge on any atom is 0.453 e. The van der Waals surface area contributed by atoms with Crippen LogP contribution in [0.4, 0.5) is 19.1 Å². The molecule has 0 amide bonds. The number of hydrogen-bond donors (Lipinski definition) is 3. The fourth-order valence-electron chi connectivity index (χ4n) is 2.18. The number of anilines is 1. The van der Waals surface area contributed by atoms with Crippen molar-refractivity contribution in [3.05, 3.63) is 47.4 Å². The molecular weight excluding hydrogens is 317 g/mol. The number of allylic oxidation sites excluding steroid dienone is 1. The molecular formula is C13H9F3N4O3. The standard InChI is InChI=1S/C13H9F3N4O3/c14-13(15,16)11-18-12-17-8(10(22)23)5-9(20(12)19-11)6-2-1-3-7(21)4-6/h1-5,9,21H,(H,22,23)(H,17,18,19)/t9-/m0/s1. The topological polar surface area (TPSA) is 100 Å². The van der Waals surface area contributed by atoms with Gasteiger partial charge in [0.05, 0.1) is 0 Å². The summed E-state index contributed by atoms with van der Waals surface area (Å²) in [7, 11) is 0. The molecule has 1 aromatic heterocycles. The monoisotopic (exact) mass is 326 g/mol. The van der Waals surface area contributed by atoms with Gasteiger partial charge in [0.2, 0.25) is 5.95 Å². The highest BCUT2D eigenvalue weighted by atomic mass is 19.4. The first-order chi connectivity index (χ1) is 10.8. The first-order valence-corrected chi connectivity index (χ1v) is 6.30. The summed E-state index contributed by atoms with van der Waals surface area (Å²) < 4.78 is 39.3. The van der Waals surface area contributed by atoms with Gasteiger partial charge in [0.1, 0.15) is 17.5 Å². The Bertz CT molecular complexity index is 813. The van der Waals surface area contributed by atoms with E-state index in [2.05, 4.69) is 15.4 Å². The molecule has 1 aliphatic heterocycles. The number of hydrogen-bond acceptors (Lipinski definition) is 5. The van der Waals surface area contributed by atoms with Crippen molar-refractivity contribution >= 4 is 11.9 Å². The highest BCUT2D eigenvalue weighted by Gasteiger charge is 2.39. The Morgan fingerprint density at radius 2 is 2.09 bits per heavy atom. The molecule has 0 saturated carbocycles. The van der Waals surface area contributed by atoms with E-state index in [9.17, 15) is 23.1 Å². The van der Waals surface area contributed by atoms with Crippen molar-refractivity contribution in [2.75, 3.05) is 5.32 Å². The average Bonchev–Trinajstić information content (AvgIpc) is 2.90. The van der Waals surface area contributed by atoms with Gasteiger partial charge in [-0.1, -0.05) is 12.1 Å². The highest BCUT2D eigenvalue weighted by molar-refractivity contribution is 5.90. The van der Waals surface area contributed by atoms with Crippen LogP contribution in [0.3, 0.4) is 0 Å². The molecule has 3 N–H and O–H groups in total. The molecule has 0 bridgehead atoms. The smallest absolute Gasteiger partial charge is 0.453 e. The van der Waals surface area contributed by atoms with Gasteiger partial charge in [-0.25, -0.2) is 9.48 Å². The summed E-state index contributed by atoms with van der Waals surface area (Å²) in [5.74, 6) is -3.18. The Kier molecular flexibility index (Phi) is 3.24. The zero-order valence-corrected chi connectivity index (χ0v) is 11.2. The number of aromatic hydroxyl groups is 1. The molecule has 0 saturated heterocycles. The van der Waals surface area contributed by atoms with Gasteiger partial charge in [0.15, 0.2) is 0 Å². The number of nitrogens with zero attached hydrogens (tertiary/aromatic N) is 3. The van der Waals surface area contributed by atoms with Gasteiger partial charge in [0, 0.05) is 0 Å². The fraction of sp³-hybridized carbons (Fsp3) is 0.154. The number of aromatic nitrogens is 3. The minimum Gasteiger partial charge on any atom is -0.508 e. The van der Waals surface area contributed by atoms with E-state index in [0.29, 0.717) is 5.56 Å². The van der Waals surface area contributed by atoms with Gasteiger partial charge in [-0.15, -0.1) is 5.10 Å². The summed E-state index contributed by atoms with van der Waals surface area (Å²) in [4.78, 5) is 14.5. The number of benzene rings is 1. The normalized spacial score (nSPS) is 17.2. The lowest BCUT2D eigenvalue weighted by Gasteiger charge is -2.22. The largest absolute Gasteiger partial charge is 0.508 e. The van der Waals surface area contributed by atoms with Crippen LogP contribution in [0.2, 0.25) is 0 Å². The highest BCUT2D eigenvalue weighted by Crippen LogP contribution is 2.34. The van der Waals surface area contributed by atoms with Gasteiger partial charge in [-0.05, 0) is 23.8 Å². The number of aliphatic carboxylic acids is 1. The average molecular weight is 326 g/mol. The van der Waals surface area contributed by atoms with Crippen molar-refractivity contribution < 1.29 is 28.2 Å². The molecule has 23 heavy (non-hydrogen) atoms. The Morgan fingerprint density at radius 3 is 2.70 bits per heavy atom. The van der Waals surface area contributed by atoms with E-state index >= 15 is 0 Å². The Balaban J connectivity index is 2.14. The molecule has 1 atom stereocenters. The molecule has 10 heteroatoms. The van der Waals surface area contributed by atoms with Crippen molar-refractivity contribution in [1.82, 2.24) is 14.8 Å². The summed E-state index contributed by atoms with van der Waals surface area (Å²) in [5.41, 5.74) is 0.0390. The van der Waals surface area contributed by atoms with Crippen LogP contribution in [-0.2, 0) is 11.0 Å². The number of phenolic OH excluding ortho intramolecular Hbond substituents is 1. The van der Waals surface area contributed by atoms with Crippen molar-refractivity contribution in [3.8, 4) is 5.75 Å². The van der Waals surface area contributed by atoms with E-state index in [1.165, 1.54) is 30.3 Å². The van der Waals surface area contributed by atoms with E-state index in [4.69, 9.17) is 5.11 Å². The minimum atomic E-state index is -4.77. The van der Waals surface area contributed by atoms with Gasteiger partial charge in [0.25, 0.3) is 5.82 Å². The van der Waals surface area contributed by atoms with Crippen LogP contribution in [-0.4, -0.2) is 30.9 Å². The summed E-state index contributed by atoms with van der Waals surface area (Å²) in [6.45, 7) is 0. The molecule has 0 fully saturated rings. The lowest BCUT2D eigenvalue weighted by atomic mass is 10.0. The van der Waals surface area contributed by atoms with Crippen LogP contribution in [0.1, 0.15) is 17.4 Å². The number of carbonyl (C=O) groups is 1. The number of halogens is 3. The van der Waals surface area contributed by atoms with Crippen LogP contribution in [0.5, 0.6) is 5.75 Å². The van der Waals surface area contributed by atoms with Crippen molar-refractivity contribution in [1.29, 1.82) is 0 Å². The molecule has 0 radical (unpaired) electrons. The number of alkyl halides is 3. The lowest BCUT2D eigenvalue weighted by Crippen LogP contribution is -2.24. The zero-order valence-electron chi connectivity index (χ0n) is 11.2. The quantitative estimate of drug-likeness (QED) is 0.780. The van der Waals surface area contributed by atoms with Crippen molar-refractivity contribution in [2.45, 2.75) is 12.2 Å². The molecule has 120 valence electrons. The molecule has 0 aliphatic carbocycles. The Hall–Kier alpha value is -3.04. The lowest BCUT2D eigenvalue weighted by molar-refractivity contribution is -0.145. The van der Waals surface area contributed by atoms with Crippen LogP contribution in [0, 0.1) is 0 Å². The number of nitrogens with one attached hydrogen (secondary N) is 1. The summed E-state index contributed by atoms with van der Waals surface area (Å²) in [6, 6.07) is 4.76. The summed E-state index contributed by atoms with van der Waals surface area (Å²) >= 11 is 0. The molecule has 2 heterocycles. The molecule has 1 aromatic carbocycles. The molecule has 3 rings (SSSR count). The SMILES string of the molecule is O=C(O)C1=C[C@@H](c2cccc(O)c2)n2nc(C(F)(F)F)nc2N1. The first kappa shape index (κ1) is 14.9. The second-order valence-electron chi connectivity index (χ2n) is 4.75. The second kappa shape index (κ2) is 5.00. The van der Waals surface area contributed by atoms with Gasteiger partial charge >= 0.3 is 12.1 Å². The van der Waals surface area contributed by atoms with Crippen molar-refractivity contribution in [2.24, 2.45) is 0 Å². The predicted molar refractivity (Wildman–Crippen MR) is 70.6 cm³/mol. The number of carboxylic acids is 1. The van der Waals surface area contributed by atoms with E-state index < -0.39 is 24.0 Å². The maximum atomic E-state index is 12.8. The first-order valence-electron chi connectivity index (χ1n) is 6.30. The predicted octanol–water partition coefficient (Wildman–Crippen LogP) is 1.99. The number of rotatable bonds is 2. The molecule has 0 spiro atoms. The number of fused-ring (bicyclic) bond motifs is 1. The Morgan fingerprint density at radius 1 is 1.35 bits per heavy atom. The van der Waals surface area contributed by atoms with Crippen molar-refractivity contribution in [3.63, 3.8) is 0 Å². The molecule has 7 nitrogen and oxygen atoms in total. The maximum absolute atomic E-state index is 12.8. The summed E-state index contributed by atoms with van der Waals surface area (Å²) in [6.07, 6.45) is -3.57. The van der Waals surface area contributed by atoms with Gasteiger partial charge in [-0.2, -0.15) is 18.2 Å². The molecule has 0 unspecified atom stereocenters. The van der Waals surface area contributed by atoms with Crippen LogP contribution in [0.25, 0.3) is 0 Å². The summed E-state index contributed by atoms with van der Waals surface area (Å²) in [5, 5.41) is 24.3. The third kappa shape index (κ3) is 2.70. The minimum absolute atomic E-state index is 0.107. The Labute approximate surface area is 126 Å². The molecule has 1 aliphatic rings. The van der Waals surface area contributed by atoms with Crippen LogP contribution < -0.4 is 5.32 Å².